The topological polar surface area (TPSA) is 67.8 Å². The zero-order chi connectivity index (χ0) is 15.6. The number of phenolic OH excluding ortho intramolecular Hbond substituents is 1. The first-order valence-corrected chi connectivity index (χ1v) is 6.44. The van der Waals surface area contributed by atoms with E-state index in [0.717, 1.165) is 0 Å². The highest BCUT2D eigenvalue weighted by molar-refractivity contribution is 5.69. The van der Waals surface area contributed by atoms with Crippen LogP contribution < -0.4 is 10.1 Å². The number of aromatic hydroxyl groups is 1. The average molecular weight is 281 g/mol. The number of carbonyl (C=O) groups excluding carboxylic acids is 1. The summed E-state index contributed by atoms with van der Waals surface area (Å²) in [7, 11) is 1.53. The van der Waals surface area contributed by atoms with Crippen LogP contribution in [0.25, 0.3) is 0 Å². The molecular weight excluding hydrogens is 258 g/mol. The first-order chi connectivity index (χ1) is 9.05. The molecule has 112 valence electrons. The number of hydrogen-bond acceptors (Lipinski definition) is 4. The molecule has 0 radical (unpaired) electrons. The van der Waals surface area contributed by atoms with E-state index >= 15 is 0 Å². The summed E-state index contributed by atoms with van der Waals surface area (Å²) in [5.74, 6) is 0.615. The van der Waals surface area contributed by atoms with E-state index in [1.54, 1.807) is 46.8 Å². The van der Waals surface area contributed by atoms with Gasteiger partial charge in [-0.05, 0) is 46.8 Å². The summed E-state index contributed by atoms with van der Waals surface area (Å²) in [6.07, 6.45) is -0.530. The van der Waals surface area contributed by atoms with Crippen LogP contribution in [0.5, 0.6) is 11.5 Å². The van der Waals surface area contributed by atoms with E-state index in [-0.39, 0.29) is 5.75 Å². The summed E-state index contributed by atoms with van der Waals surface area (Å²) >= 11 is 0. The molecule has 0 heterocycles. The summed E-state index contributed by atoms with van der Waals surface area (Å²) in [6, 6.07) is 4.95. The lowest BCUT2D eigenvalue weighted by molar-refractivity contribution is 0.0469. The molecule has 0 saturated carbocycles. The third kappa shape index (κ3) is 4.33. The molecule has 20 heavy (non-hydrogen) atoms. The van der Waals surface area contributed by atoms with Crippen molar-refractivity contribution in [1.29, 1.82) is 0 Å². The number of carbonyl (C=O) groups is 1. The third-order valence-electron chi connectivity index (χ3n) is 2.69. The maximum atomic E-state index is 11.8. The van der Waals surface area contributed by atoms with E-state index in [4.69, 9.17) is 9.47 Å². The number of phenols is 1. The SMILES string of the molecule is COc1ccc(C(C)(C)NC(=O)OC(C)(C)C)c(O)c1. The zero-order valence-corrected chi connectivity index (χ0v) is 12.9. The Labute approximate surface area is 119 Å². The van der Waals surface area contributed by atoms with Gasteiger partial charge < -0.3 is 19.9 Å². The normalized spacial score (nSPS) is 11.9. The van der Waals surface area contributed by atoms with E-state index in [1.165, 1.54) is 13.2 Å². The lowest BCUT2D eigenvalue weighted by Crippen LogP contribution is -2.43. The summed E-state index contributed by atoms with van der Waals surface area (Å²) in [5.41, 5.74) is -0.745. The van der Waals surface area contributed by atoms with Gasteiger partial charge in [-0.3, -0.25) is 0 Å². The number of amides is 1. The first-order valence-electron chi connectivity index (χ1n) is 6.44. The first kappa shape index (κ1) is 16.1. The van der Waals surface area contributed by atoms with Gasteiger partial charge >= 0.3 is 6.09 Å². The van der Waals surface area contributed by atoms with Gasteiger partial charge in [0.2, 0.25) is 0 Å². The van der Waals surface area contributed by atoms with Crippen LogP contribution >= 0.6 is 0 Å². The van der Waals surface area contributed by atoms with Crippen molar-refractivity contribution < 1.29 is 19.4 Å². The number of rotatable bonds is 3. The lowest BCUT2D eigenvalue weighted by Gasteiger charge is -2.29. The Kier molecular flexibility index (Phi) is 4.53. The van der Waals surface area contributed by atoms with Gasteiger partial charge in [0, 0.05) is 11.6 Å². The molecule has 0 aliphatic rings. The minimum atomic E-state index is -0.765. The molecule has 5 heteroatoms. The second-order valence-corrected chi connectivity index (χ2v) is 6.13. The average Bonchev–Trinajstić information content (AvgIpc) is 2.24. The van der Waals surface area contributed by atoms with Crippen LogP contribution in [0.1, 0.15) is 40.2 Å². The quantitative estimate of drug-likeness (QED) is 0.893. The molecule has 0 aliphatic heterocycles. The molecule has 0 saturated heterocycles. The molecule has 1 aromatic rings. The van der Waals surface area contributed by atoms with Crippen molar-refractivity contribution in [1.82, 2.24) is 5.32 Å². The van der Waals surface area contributed by atoms with Crippen molar-refractivity contribution in [2.24, 2.45) is 0 Å². The highest BCUT2D eigenvalue weighted by Crippen LogP contribution is 2.32. The Hall–Kier alpha value is -1.91. The molecule has 0 aromatic heterocycles. The smallest absolute Gasteiger partial charge is 0.408 e. The maximum absolute atomic E-state index is 11.8. The number of hydrogen-bond donors (Lipinski definition) is 2. The predicted octanol–water partition coefficient (Wildman–Crippen LogP) is 3.16. The van der Waals surface area contributed by atoms with Gasteiger partial charge in [-0.25, -0.2) is 4.79 Å². The second-order valence-electron chi connectivity index (χ2n) is 6.13. The van der Waals surface area contributed by atoms with Crippen molar-refractivity contribution >= 4 is 6.09 Å². The van der Waals surface area contributed by atoms with E-state index < -0.39 is 17.2 Å². The fourth-order valence-electron chi connectivity index (χ4n) is 1.79. The number of alkyl carbamates (subject to hydrolysis) is 1. The van der Waals surface area contributed by atoms with Crippen LogP contribution in [-0.2, 0) is 10.3 Å². The van der Waals surface area contributed by atoms with Gasteiger partial charge in [-0.15, -0.1) is 0 Å². The molecule has 2 N–H and O–H groups in total. The molecule has 0 unspecified atom stereocenters. The van der Waals surface area contributed by atoms with Gasteiger partial charge in [-0.1, -0.05) is 0 Å². The standard InChI is InChI=1S/C15H23NO4/c1-14(2,3)20-13(18)16-15(4,5)11-8-7-10(19-6)9-12(11)17/h7-9,17H,1-6H3,(H,16,18). The van der Waals surface area contributed by atoms with Crippen LogP contribution in [0, 0.1) is 0 Å². The molecule has 0 bridgehead atoms. The van der Waals surface area contributed by atoms with Crippen molar-refractivity contribution in [2.75, 3.05) is 7.11 Å². The Bertz CT molecular complexity index is 489. The number of methoxy groups -OCH3 is 1. The molecule has 0 spiro atoms. The number of ether oxygens (including phenoxy) is 2. The molecule has 0 atom stereocenters. The molecular formula is C15H23NO4. The summed E-state index contributed by atoms with van der Waals surface area (Å²) in [5, 5.41) is 12.8. The van der Waals surface area contributed by atoms with Crippen molar-refractivity contribution in [2.45, 2.75) is 45.8 Å². The zero-order valence-electron chi connectivity index (χ0n) is 12.9. The lowest BCUT2D eigenvalue weighted by atomic mass is 9.93. The van der Waals surface area contributed by atoms with Crippen LogP contribution in [0.2, 0.25) is 0 Å². The highest BCUT2D eigenvalue weighted by Gasteiger charge is 2.28. The van der Waals surface area contributed by atoms with E-state index in [0.29, 0.717) is 11.3 Å². The van der Waals surface area contributed by atoms with Crippen LogP contribution in [0.3, 0.4) is 0 Å². The number of nitrogens with one attached hydrogen (secondary N) is 1. The molecule has 1 rings (SSSR count). The van der Waals surface area contributed by atoms with Gasteiger partial charge in [0.1, 0.15) is 17.1 Å². The van der Waals surface area contributed by atoms with Crippen LogP contribution in [0.4, 0.5) is 4.79 Å². The van der Waals surface area contributed by atoms with E-state index in [1.807, 2.05) is 0 Å². The fourth-order valence-corrected chi connectivity index (χ4v) is 1.79. The molecule has 5 nitrogen and oxygen atoms in total. The monoisotopic (exact) mass is 281 g/mol. The Morgan fingerprint density at radius 2 is 1.80 bits per heavy atom. The van der Waals surface area contributed by atoms with Gasteiger partial charge in [0.15, 0.2) is 0 Å². The molecule has 0 aliphatic carbocycles. The maximum Gasteiger partial charge on any atom is 0.408 e. The fraction of sp³-hybridized carbons (Fsp3) is 0.533. The van der Waals surface area contributed by atoms with E-state index in [2.05, 4.69) is 5.32 Å². The Morgan fingerprint density at radius 1 is 1.20 bits per heavy atom. The predicted molar refractivity (Wildman–Crippen MR) is 77.1 cm³/mol. The number of benzene rings is 1. The summed E-state index contributed by atoms with van der Waals surface area (Å²) in [6.45, 7) is 8.97. The van der Waals surface area contributed by atoms with Crippen LogP contribution in [-0.4, -0.2) is 23.9 Å². The Morgan fingerprint density at radius 3 is 2.25 bits per heavy atom. The largest absolute Gasteiger partial charge is 0.507 e. The summed E-state index contributed by atoms with van der Waals surface area (Å²) in [4.78, 5) is 11.8. The summed E-state index contributed by atoms with van der Waals surface area (Å²) < 4.78 is 10.3. The van der Waals surface area contributed by atoms with E-state index in [9.17, 15) is 9.90 Å². The van der Waals surface area contributed by atoms with Crippen molar-refractivity contribution in [3.8, 4) is 11.5 Å². The van der Waals surface area contributed by atoms with Crippen molar-refractivity contribution in [3.63, 3.8) is 0 Å². The third-order valence-corrected chi connectivity index (χ3v) is 2.69. The minimum absolute atomic E-state index is 0.0606. The minimum Gasteiger partial charge on any atom is -0.507 e. The second kappa shape index (κ2) is 5.61. The molecule has 0 fully saturated rings. The highest BCUT2D eigenvalue weighted by atomic mass is 16.6. The molecule has 1 amide bonds. The van der Waals surface area contributed by atoms with Gasteiger partial charge in [0.25, 0.3) is 0 Å². The van der Waals surface area contributed by atoms with Crippen molar-refractivity contribution in [3.05, 3.63) is 23.8 Å². The molecule has 1 aromatic carbocycles. The van der Waals surface area contributed by atoms with Crippen LogP contribution in [0.15, 0.2) is 18.2 Å². The van der Waals surface area contributed by atoms with Gasteiger partial charge in [0.05, 0.1) is 12.6 Å². The van der Waals surface area contributed by atoms with Gasteiger partial charge in [-0.2, -0.15) is 0 Å². The Balaban J connectivity index is 2.91.